The van der Waals surface area contributed by atoms with Gasteiger partial charge in [-0.2, -0.15) is 0 Å². The molecule has 0 aliphatic heterocycles. The highest BCUT2D eigenvalue weighted by Gasteiger charge is 2.51. The van der Waals surface area contributed by atoms with Crippen LogP contribution in [0.15, 0.2) is 46.2 Å². The fourth-order valence-electron chi connectivity index (χ4n) is 7.27. The summed E-state index contributed by atoms with van der Waals surface area (Å²) in [7, 11) is 0. The molecule has 2 heterocycles. The van der Waals surface area contributed by atoms with Gasteiger partial charge in [0.1, 0.15) is 6.54 Å². The maximum atomic E-state index is 13.5. The summed E-state index contributed by atoms with van der Waals surface area (Å²) < 4.78 is 4.34. The van der Waals surface area contributed by atoms with E-state index < -0.39 is 11.2 Å². The van der Waals surface area contributed by atoms with Crippen LogP contribution in [0.4, 0.5) is 0 Å². The van der Waals surface area contributed by atoms with E-state index in [4.69, 9.17) is 0 Å². The van der Waals surface area contributed by atoms with Crippen LogP contribution in [0.2, 0.25) is 0 Å². The molecule has 1 amide bonds. The first kappa shape index (κ1) is 21.4. The first-order chi connectivity index (χ1) is 16.4. The van der Waals surface area contributed by atoms with Gasteiger partial charge in [0.15, 0.2) is 11.2 Å². The smallest absolute Gasteiger partial charge is 0.333 e. The molecule has 4 aliphatic rings. The number of benzene rings is 1. The average Bonchev–Trinajstić information content (AvgIpc) is 3.23. The molecule has 178 valence electrons. The Morgan fingerprint density at radius 3 is 2.29 bits per heavy atom. The summed E-state index contributed by atoms with van der Waals surface area (Å²) in [5.41, 5.74) is 0.542. The second-order valence-electron chi connectivity index (χ2n) is 10.7. The Kier molecular flexibility index (Phi) is 5.00. The number of nitrogens with zero attached hydrogens (tertiary/aromatic N) is 4. The van der Waals surface area contributed by atoms with Gasteiger partial charge in [-0.15, -0.1) is 0 Å². The molecule has 8 nitrogen and oxygen atoms in total. The molecule has 8 heteroatoms. The minimum atomic E-state index is -0.497. The summed E-state index contributed by atoms with van der Waals surface area (Å²) in [4.78, 5) is 44.5. The number of carbonyl (C=O) groups excluding carboxylic acids is 1. The number of hydrogen-bond donors (Lipinski definition) is 1. The Balaban J connectivity index is 1.35. The van der Waals surface area contributed by atoms with E-state index in [1.54, 1.807) is 10.9 Å². The van der Waals surface area contributed by atoms with Gasteiger partial charge in [-0.05, 0) is 68.8 Å². The molecule has 4 aliphatic carbocycles. The van der Waals surface area contributed by atoms with Crippen LogP contribution in [-0.4, -0.2) is 30.1 Å². The molecule has 4 fully saturated rings. The number of aryl methyl sites for hydroxylation is 1. The Morgan fingerprint density at radius 2 is 1.68 bits per heavy atom. The number of imidazole rings is 1. The topological polar surface area (TPSA) is 90.9 Å². The summed E-state index contributed by atoms with van der Waals surface area (Å²) >= 11 is 0. The number of carbonyl (C=O) groups is 1. The third-order valence-electron chi connectivity index (χ3n) is 8.25. The van der Waals surface area contributed by atoms with Crippen molar-refractivity contribution >= 4 is 17.1 Å². The fourth-order valence-corrected chi connectivity index (χ4v) is 7.27. The molecular weight excluding hydrogens is 430 g/mol. The van der Waals surface area contributed by atoms with Gasteiger partial charge in [0.2, 0.25) is 5.91 Å². The maximum absolute atomic E-state index is 13.5. The highest BCUT2D eigenvalue weighted by molar-refractivity contribution is 5.77. The number of hydrogen-bond acceptors (Lipinski definition) is 4. The van der Waals surface area contributed by atoms with Gasteiger partial charge in [0, 0.05) is 12.1 Å². The zero-order valence-electron chi connectivity index (χ0n) is 19.6. The first-order valence-corrected chi connectivity index (χ1v) is 12.5. The maximum Gasteiger partial charge on any atom is 0.333 e. The third-order valence-corrected chi connectivity index (χ3v) is 8.25. The molecule has 1 N–H and O–H groups in total. The number of nitrogens with one attached hydrogen (secondary N) is 1. The van der Waals surface area contributed by atoms with E-state index >= 15 is 0 Å². The Morgan fingerprint density at radius 1 is 1.03 bits per heavy atom. The van der Waals surface area contributed by atoms with Gasteiger partial charge in [-0.25, -0.2) is 14.3 Å². The minimum absolute atomic E-state index is 0.159. The van der Waals surface area contributed by atoms with E-state index in [1.165, 1.54) is 23.8 Å². The monoisotopic (exact) mass is 461 g/mol. The van der Waals surface area contributed by atoms with Crippen LogP contribution in [0.5, 0.6) is 0 Å². The third kappa shape index (κ3) is 3.51. The largest absolute Gasteiger partial charge is 0.349 e. The van der Waals surface area contributed by atoms with Crippen LogP contribution in [0.1, 0.15) is 51.0 Å². The molecule has 0 unspecified atom stereocenters. The van der Waals surface area contributed by atoms with Gasteiger partial charge >= 0.3 is 5.69 Å². The van der Waals surface area contributed by atoms with Crippen molar-refractivity contribution in [1.29, 1.82) is 0 Å². The fraction of sp³-hybridized carbons (Fsp3) is 0.538. The van der Waals surface area contributed by atoms with Gasteiger partial charge in [0.05, 0.1) is 12.9 Å². The summed E-state index contributed by atoms with van der Waals surface area (Å²) in [5.74, 6) is 1.86. The zero-order valence-corrected chi connectivity index (χ0v) is 19.6. The van der Waals surface area contributed by atoms with Gasteiger partial charge in [-0.3, -0.25) is 14.2 Å². The van der Waals surface area contributed by atoms with Crippen molar-refractivity contribution in [3.63, 3.8) is 0 Å². The van der Waals surface area contributed by atoms with Crippen molar-refractivity contribution in [3.8, 4) is 0 Å². The normalized spacial score (nSPS) is 27.4. The lowest BCUT2D eigenvalue weighted by atomic mass is 9.53. The van der Waals surface area contributed by atoms with Gasteiger partial charge in [0.25, 0.3) is 5.56 Å². The molecule has 3 aromatic rings. The predicted octanol–water partition coefficient (Wildman–Crippen LogP) is 2.51. The second-order valence-corrected chi connectivity index (χ2v) is 10.7. The number of amides is 1. The van der Waals surface area contributed by atoms with Gasteiger partial charge in [-0.1, -0.05) is 30.3 Å². The van der Waals surface area contributed by atoms with Crippen LogP contribution in [0.3, 0.4) is 0 Å². The molecule has 0 saturated heterocycles. The van der Waals surface area contributed by atoms with Crippen LogP contribution < -0.4 is 16.6 Å². The second kappa shape index (κ2) is 7.96. The van der Waals surface area contributed by atoms with Gasteiger partial charge < -0.3 is 9.88 Å². The molecule has 4 bridgehead atoms. The quantitative estimate of drug-likeness (QED) is 0.611. The zero-order chi connectivity index (χ0) is 23.4. The first-order valence-electron chi connectivity index (χ1n) is 12.5. The standard InChI is InChI=1S/C26H31N5O3/c1-2-29-16-27-23-22(29)24(33)31(25(34)30(23)14-17-6-4-3-5-7-17)15-21(32)28-26-11-18-8-19(12-26)10-20(9-18)13-26/h3-7,16,18-20H,2,8-15H2,1H3,(H,28,32). The Hall–Kier alpha value is -3.16. The molecule has 4 saturated carbocycles. The van der Waals surface area contributed by atoms with E-state index in [2.05, 4.69) is 10.3 Å². The van der Waals surface area contributed by atoms with E-state index in [1.807, 2.05) is 37.3 Å². The highest BCUT2D eigenvalue weighted by atomic mass is 16.2. The lowest BCUT2D eigenvalue weighted by molar-refractivity contribution is -0.127. The number of fused-ring (bicyclic) bond motifs is 1. The molecule has 0 radical (unpaired) electrons. The van der Waals surface area contributed by atoms with Crippen molar-refractivity contribution < 1.29 is 4.79 Å². The number of rotatable bonds is 6. The lowest BCUT2D eigenvalue weighted by Crippen LogP contribution is -2.60. The highest BCUT2D eigenvalue weighted by Crippen LogP contribution is 2.55. The molecule has 2 aromatic heterocycles. The van der Waals surface area contributed by atoms with Crippen molar-refractivity contribution in [2.24, 2.45) is 17.8 Å². The summed E-state index contributed by atoms with van der Waals surface area (Å²) in [6, 6.07) is 9.62. The molecule has 0 spiro atoms. The molecular formula is C26H31N5O3. The summed E-state index contributed by atoms with van der Waals surface area (Å²) in [6.07, 6.45) is 8.54. The van der Waals surface area contributed by atoms with Crippen molar-refractivity contribution in [2.45, 2.75) is 70.6 Å². The summed E-state index contributed by atoms with van der Waals surface area (Å²) in [6.45, 7) is 2.50. The molecule has 1 aromatic carbocycles. The van der Waals surface area contributed by atoms with Crippen LogP contribution in [0.25, 0.3) is 11.2 Å². The van der Waals surface area contributed by atoms with Crippen molar-refractivity contribution in [2.75, 3.05) is 0 Å². The van der Waals surface area contributed by atoms with Crippen LogP contribution in [-0.2, 0) is 24.4 Å². The van der Waals surface area contributed by atoms with E-state index in [0.29, 0.717) is 35.5 Å². The van der Waals surface area contributed by atoms with Crippen molar-refractivity contribution in [1.82, 2.24) is 24.0 Å². The van der Waals surface area contributed by atoms with E-state index in [0.717, 1.165) is 29.4 Å². The lowest BCUT2D eigenvalue weighted by Gasteiger charge is -2.56. The molecule has 34 heavy (non-hydrogen) atoms. The SMILES string of the molecule is CCn1cnc2c1c(=O)n(CC(=O)NC13CC4CC(CC(C4)C1)C3)c(=O)n2Cc1ccccc1. The Bertz CT molecular complexity index is 1330. The van der Waals surface area contributed by atoms with Crippen LogP contribution in [0, 0.1) is 17.8 Å². The summed E-state index contributed by atoms with van der Waals surface area (Å²) in [5, 5.41) is 3.30. The average molecular weight is 462 g/mol. The molecule has 0 atom stereocenters. The van der Waals surface area contributed by atoms with E-state index in [-0.39, 0.29) is 24.5 Å². The number of aromatic nitrogens is 4. The minimum Gasteiger partial charge on any atom is -0.349 e. The van der Waals surface area contributed by atoms with E-state index in [9.17, 15) is 14.4 Å². The molecule has 7 rings (SSSR count). The van der Waals surface area contributed by atoms with Crippen LogP contribution >= 0.6 is 0 Å². The van der Waals surface area contributed by atoms with Crippen molar-refractivity contribution in [3.05, 3.63) is 63.1 Å². The Labute approximate surface area is 197 Å². The predicted molar refractivity (Wildman–Crippen MR) is 129 cm³/mol.